The van der Waals surface area contributed by atoms with Crippen LogP contribution < -0.4 is 9.64 Å². The average Bonchev–Trinajstić information content (AvgIpc) is 3.69. The number of benzene rings is 2. The summed E-state index contributed by atoms with van der Waals surface area (Å²) in [7, 11) is 1.39. The maximum absolute atomic E-state index is 13.7. The molecule has 2 aromatic carbocycles. The van der Waals surface area contributed by atoms with Gasteiger partial charge in [0.2, 0.25) is 5.13 Å². The van der Waals surface area contributed by atoms with Gasteiger partial charge in [-0.15, -0.1) is 10.2 Å². The largest absolute Gasteiger partial charge is 0.505 e. The van der Waals surface area contributed by atoms with Gasteiger partial charge in [0, 0.05) is 11.9 Å². The summed E-state index contributed by atoms with van der Waals surface area (Å²) in [5, 5.41) is 30.9. The number of aromatic hydroxyl groups is 1. The van der Waals surface area contributed by atoms with Crippen molar-refractivity contribution < 1.29 is 24.5 Å². The molecular weight excluding hydrogens is 654 g/mol. The quantitative estimate of drug-likeness (QED) is 0.0680. The number of aliphatic hydroxyl groups is 1. The van der Waals surface area contributed by atoms with E-state index in [4.69, 9.17) is 4.74 Å². The minimum absolute atomic E-state index is 0.117. The number of carbonyl (C=O) groups is 2. The third-order valence-electron chi connectivity index (χ3n) is 7.15. The number of Topliss-reactive ketones (excluding diaryl/α,β-unsaturated/α-hetero) is 1. The molecule has 0 bridgehead atoms. The molecule has 10 nitrogen and oxygen atoms in total. The van der Waals surface area contributed by atoms with Crippen molar-refractivity contribution in [2.24, 2.45) is 0 Å². The molecular formula is C30H24BrN5O5S2. The molecule has 4 heterocycles. The summed E-state index contributed by atoms with van der Waals surface area (Å²) in [5.74, 6) is -1.57. The number of ketones is 1. The van der Waals surface area contributed by atoms with Crippen molar-refractivity contribution >= 4 is 67.3 Å². The Morgan fingerprint density at radius 3 is 2.60 bits per heavy atom. The van der Waals surface area contributed by atoms with Gasteiger partial charge < -0.3 is 19.4 Å². The monoisotopic (exact) mass is 677 g/mol. The van der Waals surface area contributed by atoms with Crippen LogP contribution in [0.25, 0.3) is 11.4 Å². The Morgan fingerprint density at radius 1 is 1.12 bits per heavy atom. The Kier molecular flexibility index (Phi) is 7.71. The molecule has 1 aliphatic heterocycles. The molecule has 1 unspecified atom stereocenters. The number of methoxy groups -OCH3 is 1. The number of aryl methyl sites for hydroxylation is 2. The fourth-order valence-corrected chi connectivity index (χ4v) is 7.29. The molecule has 2 N–H and O–H groups in total. The minimum Gasteiger partial charge on any atom is -0.505 e. The number of anilines is 1. The van der Waals surface area contributed by atoms with Crippen molar-refractivity contribution in [1.29, 1.82) is 0 Å². The number of fused-ring (bicyclic) bond motifs is 1. The summed E-state index contributed by atoms with van der Waals surface area (Å²) in [6.07, 6.45) is 1.81. The minimum atomic E-state index is -1.11. The van der Waals surface area contributed by atoms with Gasteiger partial charge in [-0.25, -0.2) is 4.98 Å². The lowest BCUT2D eigenvalue weighted by Gasteiger charge is -2.23. The van der Waals surface area contributed by atoms with Gasteiger partial charge >= 0.3 is 5.91 Å². The van der Waals surface area contributed by atoms with E-state index in [0.29, 0.717) is 27.0 Å². The average molecular weight is 679 g/mol. The molecule has 1 saturated heterocycles. The number of halogens is 1. The maximum atomic E-state index is 13.7. The second-order valence-corrected chi connectivity index (χ2v) is 12.8. The van der Waals surface area contributed by atoms with Gasteiger partial charge in [-0.3, -0.25) is 14.5 Å². The second-order valence-electron chi connectivity index (χ2n) is 9.78. The van der Waals surface area contributed by atoms with Crippen molar-refractivity contribution in [2.45, 2.75) is 30.0 Å². The lowest BCUT2D eigenvalue weighted by Crippen LogP contribution is -2.29. The third-order valence-corrected chi connectivity index (χ3v) is 9.88. The van der Waals surface area contributed by atoms with Crippen molar-refractivity contribution in [1.82, 2.24) is 19.6 Å². The highest BCUT2D eigenvalue weighted by Gasteiger charge is 2.49. The number of phenols is 1. The van der Waals surface area contributed by atoms with E-state index in [2.05, 4.69) is 31.1 Å². The molecule has 1 atom stereocenters. The van der Waals surface area contributed by atoms with Crippen LogP contribution in [0.2, 0.25) is 0 Å². The van der Waals surface area contributed by atoms with Crippen molar-refractivity contribution in [3.63, 3.8) is 0 Å². The van der Waals surface area contributed by atoms with Crippen LogP contribution in [0.4, 0.5) is 5.13 Å². The lowest BCUT2D eigenvalue weighted by molar-refractivity contribution is -0.132. The molecule has 1 amide bonds. The summed E-state index contributed by atoms with van der Waals surface area (Å²) in [6.45, 7) is 3.67. The number of aliphatic hydroxyl groups excluding tert-OH is 1. The Bertz CT molecular complexity index is 1940. The number of aromatic nitrogens is 4. The van der Waals surface area contributed by atoms with Crippen LogP contribution >= 0.6 is 39.0 Å². The summed E-state index contributed by atoms with van der Waals surface area (Å²) in [4.78, 5) is 33.3. The molecule has 0 radical (unpaired) electrons. The number of hydrogen-bond acceptors (Lipinski definition) is 10. The van der Waals surface area contributed by atoms with Crippen LogP contribution in [0.3, 0.4) is 0 Å². The molecule has 43 heavy (non-hydrogen) atoms. The van der Waals surface area contributed by atoms with Gasteiger partial charge in [-0.2, -0.15) is 0 Å². The summed E-state index contributed by atoms with van der Waals surface area (Å²) >= 11 is 5.97. The number of amides is 1. The first-order valence-electron chi connectivity index (χ1n) is 13.0. The van der Waals surface area contributed by atoms with Gasteiger partial charge in [-0.05, 0) is 64.7 Å². The van der Waals surface area contributed by atoms with Crippen molar-refractivity contribution in [3.05, 3.63) is 98.9 Å². The summed E-state index contributed by atoms with van der Waals surface area (Å²) < 4.78 is 8.06. The molecule has 0 spiro atoms. The number of thioether (sulfide) groups is 1. The number of pyridine rings is 1. The highest BCUT2D eigenvalue weighted by molar-refractivity contribution is 9.10. The third kappa shape index (κ3) is 5.07. The van der Waals surface area contributed by atoms with Gasteiger partial charge in [0.15, 0.2) is 21.6 Å². The van der Waals surface area contributed by atoms with Crippen LogP contribution in [-0.4, -0.2) is 48.6 Å². The van der Waals surface area contributed by atoms with E-state index in [0.717, 1.165) is 11.1 Å². The van der Waals surface area contributed by atoms with E-state index in [1.54, 1.807) is 13.0 Å². The Labute approximate surface area is 262 Å². The molecule has 1 aliphatic rings. The number of rotatable bonds is 7. The predicted octanol–water partition coefficient (Wildman–Crippen LogP) is 6.20. The molecule has 0 saturated carbocycles. The zero-order chi connectivity index (χ0) is 30.4. The number of hydrogen-bond donors (Lipinski definition) is 2. The number of imidazole rings is 1. The SMILES string of the molecule is COc1cc(C2C(=C(O)c3nc4c(C)cccn4c3C)C(=O)C(=O)N2c2nnc(SCc3ccccc3)s2)cc(Br)c1O. The fraction of sp³-hybridized carbons (Fsp3) is 0.167. The topological polar surface area (TPSA) is 130 Å². The van der Waals surface area contributed by atoms with Gasteiger partial charge in [-0.1, -0.05) is 59.5 Å². The van der Waals surface area contributed by atoms with Crippen LogP contribution in [0.15, 0.2) is 75.2 Å². The zero-order valence-electron chi connectivity index (χ0n) is 23.1. The normalized spacial score (nSPS) is 16.4. The Hall–Kier alpha value is -4.20. The van der Waals surface area contributed by atoms with Gasteiger partial charge in [0.25, 0.3) is 5.78 Å². The number of ether oxygens (including phenoxy) is 1. The zero-order valence-corrected chi connectivity index (χ0v) is 26.3. The highest BCUT2D eigenvalue weighted by Crippen LogP contribution is 2.47. The predicted molar refractivity (Wildman–Crippen MR) is 168 cm³/mol. The Morgan fingerprint density at radius 2 is 1.88 bits per heavy atom. The van der Waals surface area contributed by atoms with Crippen LogP contribution in [-0.2, 0) is 15.3 Å². The first-order valence-corrected chi connectivity index (χ1v) is 15.6. The van der Waals surface area contributed by atoms with E-state index in [1.165, 1.54) is 41.2 Å². The number of phenolic OH excluding ortho intramolecular Hbond substituents is 1. The van der Waals surface area contributed by atoms with Crippen LogP contribution in [0.5, 0.6) is 11.5 Å². The van der Waals surface area contributed by atoms with Crippen molar-refractivity contribution in [3.8, 4) is 11.5 Å². The van der Waals surface area contributed by atoms with Gasteiger partial charge in [0.05, 0.1) is 28.9 Å². The number of carbonyl (C=O) groups excluding carboxylic acids is 2. The molecule has 218 valence electrons. The molecule has 3 aromatic heterocycles. The van der Waals surface area contributed by atoms with E-state index >= 15 is 0 Å². The molecule has 0 aliphatic carbocycles. The van der Waals surface area contributed by atoms with Crippen molar-refractivity contribution in [2.75, 3.05) is 12.0 Å². The van der Waals surface area contributed by atoms with E-state index in [-0.39, 0.29) is 32.4 Å². The fourth-order valence-electron chi connectivity index (χ4n) is 5.00. The smallest absolute Gasteiger partial charge is 0.301 e. The van der Waals surface area contributed by atoms with E-state index in [9.17, 15) is 19.8 Å². The highest BCUT2D eigenvalue weighted by atomic mass is 79.9. The second kappa shape index (κ2) is 11.5. The van der Waals surface area contributed by atoms with Crippen LogP contribution in [0.1, 0.15) is 34.1 Å². The molecule has 5 aromatic rings. The molecule has 6 rings (SSSR count). The summed E-state index contributed by atoms with van der Waals surface area (Å²) in [5.41, 5.74) is 3.60. The number of nitrogens with zero attached hydrogens (tertiary/aromatic N) is 5. The summed E-state index contributed by atoms with van der Waals surface area (Å²) in [6, 6.07) is 15.6. The van der Waals surface area contributed by atoms with Gasteiger partial charge in [0.1, 0.15) is 11.3 Å². The van der Waals surface area contributed by atoms with E-state index < -0.39 is 23.5 Å². The standard InChI is InChI=1S/C30H24BrN5O5S2/c1-15-8-7-11-35-16(2)22(32-27(15)35)25(38)21-23(18-12-19(31)24(37)20(13-18)41-3)36(28(40)26(21)39)29-33-34-30(43-29)42-14-17-9-5-4-6-10-17/h4-13,23,37-38H,14H2,1-3H3. The Balaban J connectivity index is 1.50. The maximum Gasteiger partial charge on any atom is 0.301 e. The first kappa shape index (κ1) is 28.9. The van der Waals surface area contributed by atoms with Crippen LogP contribution in [0, 0.1) is 13.8 Å². The first-order chi connectivity index (χ1) is 20.7. The molecule has 13 heteroatoms. The lowest BCUT2D eigenvalue weighted by atomic mass is 9.96. The molecule has 1 fully saturated rings. The van der Waals surface area contributed by atoms with E-state index in [1.807, 2.05) is 60.0 Å².